The third-order valence-electron chi connectivity index (χ3n) is 3.06. The van der Waals surface area contributed by atoms with E-state index in [1.807, 2.05) is 42.5 Å². The molecule has 3 aromatic rings. The van der Waals surface area contributed by atoms with Crippen molar-refractivity contribution in [2.45, 2.75) is 6.92 Å². The number of rotatable bonds is 2. The molecule has 0 spiro atoms. The van der Waals surface area contributed by atoms with E-state index in [0.717, 1.165) is 27.5 Å². The summed E-state index contributed by atoms with van der Waals surface area (Å²) in [6.45, 7) is 1.48. The van der Waals surface area contributed by atoms with Crippen LogP contribution in [0.5, 0.6) is 0 Å². The molecule has 0 fully saturated rings. The Balaban J connectivity index is 2.22. The van der Waals surface area contributed by atoms with Crippen LogP contribution < -0.4 is 0 Å². The van der Waals surface area contributed by atoms with Gasteiger partial charge in [0.25, 0.3) is 0 Å². The third-order valence-corrected chi connectivity index (χ3v) is 3.06. The molecule has 4 nitrogen and oxygen atoms in total. The lowest BCUT2D eigenvalue weighted by Crippen LogP contribution is -1.92. The van der Waals surface area contributed by atoms with Crippen LogP contribution in [-0.4, -0.2) is 4.92 Å². The second-order valence-electron chi connectivity index (χ2n) is 4.40. The van der Waals surface area contributed by atoms with E-state index in [4.69, 9.17) is 4.42 Å². The Morgan fingerprint density at radius 3 is 2.68 bits per heavy atom. The highest BCUT2D eigenvalue weighted by molar-refractivity contribution is 6.05. The van der Waals surface area contributed by atoms with Gasteiger partial charge in [-0.1, -0.05) is 24.3 Å². The monoisotopic (exact) mass is 253 g/mol. The first-order valence-electron chi connectivity index (χ1n) is 5.89. The zero-order valence-electron chi connectivity index (χ0n) is 10.3. The van der Waals surface area contributed by atoms with E-state index in [0.29, 0.717) is 0 Å². The Kier molecular flexibility index (Phi) is 2.56. The van der Waals surface area contributed by atoms with E-state index in [9.17, 15) is 10.1 Å². The van der Waals surface area contributed by atoms with Crippen LogP contribution in [0.4, 0.5) is 0 Å². The molecule has 0 N–H and O–H groups in total. The fourth-order valence-electron chi connectivity index (χ4n) is 2.13. The maximum atomic E-state index is 10.6. The highest BCUT2D eigenvalue weighted by Crippen LogP contribution is 2.29. The first kappa shape index (κ1) is 11.5. The molecule has 0 unspecified atom stereocenters. The molecular weight excluding hydrogens is 242 g/mol. The lowest BCUT2D eigenvalue weighted by atomic mass is 10.1. The molecule has 1 aromatic heterocycles. The molecule has 3 rings (SSSR count). The minimum atomic E-state index is -0.391. The summed E-state index contributed by atoms with van der Waals surface area (Å²) in [5.74, 6) is 0. The molecule has 0 aliphatic heterocycles. The van der Waals surface area contributed by atoms with Gasteiger partial charge in [-0.15, -0.1) is 0 Å². The van der Waals surface area contributed by atoms with Crippen LogP contribution in [0.25, 0.3) is 28.0 Å². The molecule has 0 amide bonds. The van der Waals surface area contributed by atoms with Crippen LogP contribution in [0, 0.1) is 10.1 Å². The van der Waals surface area contributed by atoms with E-state index in [1.165, 1.54) is 6.92 Å². The number of fused-ring (bicyclic) bond motifs is 3. The maximum absolute atomic E-state index is 10.6. The summed E-state index contributed by atoms with van der Waals surface area (Å²) in [5, 5.41) is 12.6. The second-order valence-corrected chi connectivity index (χ2v) is 4.40. The molecule has 1 heterocycles. The molecule has 0 bridgehead atoms. The normalized spacial score (nSPS) is 12.2. The number of benzene rings is 2. The van der Waals surface area contributed by atoms with Gasteiger partial charge >= 0.3 is 0 Å². The van der Waals surface area contributed by atoms with E-state index < -0.39 is 4.92 Å². The smallest absolute Gasteiger partial charge is 0.243 e. The van der Waals surface area contributed by atoms with Crippen molar-refractivity contribution in [3.8, 4) is 0 Å². The summed E-state index contributed by atoms with van der Waals surface area (Å²) in [4.78, 5) is 10.3. The van der Waals surface area contributed by atoms with Crippen molar-refractivity contribution in [2.24, 2.45) is 0 Å². The van der Waals surface area contributed by atoms with Crippen molar-refractivity contribution < 1.29 is 9.34 Å². The van der Waals surface area contributed by atoms with Gasteiger partial charge in [0, 0.05) is 23.8 Å². The van der Waals surface area contributed by atoms with Crippen molar-refractivity contribution in [3.63, 3.8) is 0 Å². The standard InChI is InChI=1S/C15H11NO3/c1-10(16(17)18)8-11-6-7-15-13(9-11)12-4-2-3-5-14(12)19-15/h2-9H,1H3/b10-8+. The molecule has 0 aliphatic rings. The Morgan fingerprint density at radius 2 is 1.89 bits per heavy atom. The molecule has 0 atom stereocenters. The lowest BCUT2D eigenvalue weighted by Gasteiger charge is -1.94. The fraction of sp³-hybridized carbons (Fsp3) is 0.0667. The maximum Gasteiger partial charge on any atom is 0.243 e. The Bertz CT molecular complexity index is 814. The predicted molar refractivity (Wildman–Crippen MR) is 74.4 cm³/mol. The molecule has 19 heavy (non-hydrogen) atoms. The van der Waals surface area contributed by atoms with Crippen molar-refractivity contribution in [2.75, 3.05) is 0 Å². The van der Waals surface area contributed by atoms with Gasteiger partial charge in [0.05, 0.1) is 4.92 Å². The summed E-state index contributed by atoms with van der Waals surface area (Å²) >= 11 is 0. The van der Waals surface area contributed by atoms with Crippen LogP contribution in [0.15, 0.2) is 52.6 Å². The van der Waals surface area contributed by atoms with Gasteiger partial charge in [-0.25, -0.2) is 0 Å². The number of hydrogen-bond donors (Lipinski definition) is 0. The molecule has 0 saturated heterocycles. The molecule has 0 radical (unpaired) electrons. The van der Waals surface area contributed by atoms with Gasteiger partial charge in [0.15, 0.2) is 0 Å². The van der Waals surface area contributed by atoms with Gasteiger partial charge in [-0.2, -0.15) is 0 Å². The number of nitro groups is 1. The predicted octanol–water partition coefficient (Wildman–Crippen LogP) is 4.22. The first-order valence-corrected chi connectivity index (χ1v) is 5.89. The summed E-state index contributed by atoms with van der Waals surface area (Å²) in [6, 6.07) is 13.3. The van der Waals surface area contributed by atoms with Crippen LogP contribution in [0.2, 0.25) is 0 Å². The Hall–Kier alpha value is -2.62. The van der Waals surface area contributed by atoms with Crippen LogP contribution in [-0.2, 0) is 0 Å². The molecule has 0 aliphatic carbocycles. The Morgan fingerprint density at radius 1 is 1.16 bits per heavy atom. The third kappa shape index (κ3) is 1.97. The van der Waals surface area contributed by atoms with Crippen LogP contribution in [0.3, 0.4) is 0 Å². The van der Waals surface area contributed by atoms with Gasteiger partial charge in [-0.05, 0) is 23.8 Å². The molecule has 4 heteroatoms. The highest BCUT2D eigenvalue weighted by Gasteiger charge is 2.07. The van der Waals surface area contributed by atoms with E-state index >= 15 is 0 Å². The van der Waals surface area contributed by atoms with Gasteiger partial charge < -0.3 is 4.42 Å². The second kappa shape index (κ2) is 4.24. The number of allylic oxidation sites excluding steroid dienone is 1. The number of nitrogens with zero attached hydrogens (tertiary/aromatic N) is 1. The zero-order chi connectivity index (χ0) is 13.4. The van der Waals surface area contributed by atoms with E-state index in [2.05, 4.69) is 0 Å². The Labute approximate surface area is 109 Å². The van der Waals surface area contributed by atoms with Crippen molar-refractivity contribution in [3.05, 3.63) is 63.8 Å². The molecule has 0 saturated carbocycles. The number of hydrogen-bond acceptors (Lipinski definition) is 3. The van der Waals surface area contributed by atoms with Crippen molar-refractivity contribution >= 4 is 28.0 Å². The summed E-state index contributed by atoms with van der Waals surface area (Å²) in [6.07, 6.45) is 1.56. The summed E-state index contributed by atoms with van der Waals surface area (Å²) in [7, 11) is 0. The number of para-hydroxylation sites is 1. The lowest BCUT2D eigenvalue weighted by molar-refractivity contribution is -0.422. The minimum absolute atomic E-state index is 0.118. The minimum Gasteiger partial charge on any atom is -0.456 e. The summed E-state index contributed by atoms with van der Waals surface area (Å²) in [5.41, 5.74) is 2.53. The topological polar surface area (TPSA) is 56.3 Å². The summed E-state index contributed by atoms with van der Waals surface area (Å²) < 4.78 is 5.71. The van der Waals surface area contributed by atoms with E-state index in [-0.39, 0.29) is 5.70 Å². The molecular formula is C15H11NO3. The first-order chi connectivity index (χ1) is 9.15. The van der Waals surface area contributed by atoms with Crippen LogP contribution in [0.1, 0.15) is 12.5 Å². The average Bonchev–Trinajstić information content (AvgIpc) is 2.76. The largest absolute Gasteiger partial charge is 0.456 e. The van der Waals surface area contributed by atoms with Gasteiger partial charge in [0.1, 0.15) is 11.2 Å². The molecule has 94 valence electrons. The van der Waals surface area contributed by atoms with Gasteiger partial charge in [-0.3, -0.25) is 10.1 Å². The average molecular weight is 253 g/mol. The SMILES string of the molecule is C/C(=C\c1ccc2oc3ccccc3c2c1)[N+](=O)[O-]. The number of furan rings is 1. The van der Waals surface area contributed by atoms with Gasteiger partial charge in [0.2, 0.25) is 5.70 Å². The van der Waals surface area contributed by atoms with Crippen LogP contribution >= 0.6 is 0 Å². The van der Waals surface area contributed by atoms with Crippen molar-refractivity contribution in [1.29, 1.82) is 0 Å². The zero-order valence-corrected chi connectivity index (χ0v) is 10.3. The fourth-order valence-corrected chi connectivity index (χ4v) is 2.13. The molecule has 2 aromatic carbocycles. The van der Waals surface area contributed by atoms with Crippen molar-refractivity contribution in [1.82, 2.24) is 0 Å². The van der Waals surface area contributed by atoms with E-state index in [1.54, 1.807) is 6.08 Å². The highest BCUT2D eigenvalue weighted by atomic mass is 16.6. The quantitative estimate of drug-likeness (QED) is 0.507.